The van der Waals surface area contributed by atoms with Gasteiger partial charge in [-0.1, -0.05) is 30.3 Å². The van der Waals surface area contributed by atoms with Crippen molar-refractivity contribution in [3.63, 3.8) is 0 Å². The first-order chi connectivity index (χ1) is 11.1. The largest absolute Gasteiger partial charge is 0.493 e. The lowest BCUT2D eigenvalue weighted by Gasteiger charge is -2.19. The first-order valence-corrected chi connectivity index (χ1v) is 7.39. The van der Waals surface area contributed by atoms with Gasteiger partial charge >= 0.3 is 0 Å². The van der Waals surface area contributed by atoms with Gasteiger partial charge in [-0.25, -0.2) is 0 Å². The standard InChI is InChI=1S/C18H20N2O3/c1-14(21)20(2)17-11-7-6-10-16(17)19-18(22)12-13-23-15-8-4-3-5-9-15/h3-11H,12-13H2,1-2H3,(H,19,22). The van der Waals surface area contributed by atoms with E-state index in [0.29, 0.717) is 18.0 Å². The normalized spacial score (nSPS) is 10.0. The molecule has 23 heavy (non-hydrogen) atoms. The summed E-state index contributed by atoms with van der Waals surface area (Å²) in [6.45, 7) is 1.77. The topological polar surface area (TPSA) is 58.6 Å². The zero-order valence-corrected chi connectivity index (χ0v) is 13.3. The Hall–Kier alpha value is -2.82. The van der Waals surface area contributed by atoms with Crippen LogP contribution in [0.1, 0.15) is 13.3 Å². The van der Waals surface area contributed by atoms with Crippen LogP contribution >= 0.6 is 0 Å². The molecule has 5 heteroatoms. The summed E-state index contributed by atoms with van der Waals surface area (Å²) >= 11 is 0. The van der Waals surface area contributed by atoms with E-state index < -0.39 is 0 Å². The van der Waals surface area contributed by atoms with E-state index in [1.807, 2.05) is 42.5 Å². The van der Waals surface area contributed by atoms with E-state index in [9.17, 15) is 9.59 Å². The molecule has 0 aliphatic carbocycles. The molecule has 0 aliphatic heterocycles. The van der Waals surface area contributed by atoms with E-state index in [2.05, 4.69) is 5.32 Å². The number of nitrogens with zero attached hydrogens (tertiary/aromatic N) is 1. The number of nitrogens with one attached hydrogen (secondary N) is 1. The Balaban J connectivity index is 1.91. The van der Waals surface area contributed by atoms with Gasteiger partial charge in [0.25, 0.3) is 0 Å². The van der Waals surface area contributed by atoms with Crippen LogP contribution in [-0.4, -0.2) is 25.5 Å². The molecule has 5 nitrogen and oxygen atoms in total. The van der Waals surface area contributed by atoms with Gasteiger partial charge in [-0.3, -0.25) is 9.59 Å². The predicted octanol–water partition coefficient (Wildman–Crippen LogP) is 3.08. The van der Waals surface area contributed by atoms with Crippen molar-refractivity contribution >= 4 is 23.2 Å². The van der Waals surface area contributed by atoms with Crippen LogP contribution in [0.15, 0.2) is 54.6 Å². The minimum absolute atomic E-state index is 0.0980. The molecule has 0 bridgehead atoms. The number of hydrogen-bond donors (Lipinski definition) is 1. The van der Waals surface area contributed by atoms with E-state index in [1.54, 1.807) is 19.2 Å². The summed E-state index contributed by atoms with van der Waals surface area (Å²) in [6, 6.07) is 16.5. The van der Waals surface area contributed by atoms with Gasteiger partial charge in [-0.05, 0) is 24.3 Å². The minimum Gasteiger partial charge on any atom is -0.493 e. The number of hydrogen-bond acceptors (Lipinski definition) is 3. The van der Waals surface area contributed by atoms with Gasteiger partial charge in [0.1, 0.15) is 5.75 Å². The van der Waals surface area contributed by atoms with Crippen LogP contribution in [0, 0.1) is 0 Å². The quantitative estimate of drug-likeness (QED) is 0.892. The van der Waals surface area contributed by atoms with Gasteiger partial charge < -0.3 is 15.0 Å². The lowest BCUT2D eigenvalue weighted by atomic mass is 10.2. The molecule has 0 unspecified atom stereocenters. The summed E-state index contributed by atoms with van der Waals surface area (Å²) in [5.74, 6) is 0.474. The van der Waals surface area contributed by atoms with Gasteiger partial charge in [-0.15, -0.1) is 0 Å². The molecule has 2 rings (SSSR count). The number of amides is 2. The van der Waals surface area contributed by atoms with Gasteiger partial charge in [0.15, 0.2) is 0 Å². The smallest absolute Gasteiger partial charge is 0.227 e. The zero-order chi connectivity index (χ0) is 16.7. The first kappa shape index (κ1) is 16.5. The molecule has 0 fully saturated rings. The van der Waals surface area contributed by atoms with Gasteiger partial charge in [0.05, 0.1) is 24.4 Å². The highest BCUT2D eigenvalue weighted by atomic mass is 16.5. The molecular weight excluding hydrogens is 292 g/mol. The number of carbonyl (C=O) groups is 2. The number of carbonyl (C=O) groups excluding carboxylic acids is 2. The molecule has 0 aromatic heterocycles. The molecule has 120 valence electrons. The van der Waals surface area contributed by atoms with Crippen molar-refractivity contribution in [1.29, 1.82) is 0 Å². The average molecular weight is 312 g/mol. The van der Waals surface area contributed by atoms with E-state index in [1.165, 1.54) is 11.8 Å². The Bertz CT molecular complexity index is 671. The predicted molar refractivity (Wildman–Crippen MR) is 90.7 cm³/mol. The van der Waals surface area contributed by atoms with Crippen molar-refractivity contribution in [2.24, 2.45) is 0 Å². The lowest BCUT2D eigenvalue weighted by molar-refractivity contribution is -0.117. The number of anilines is 2. The van der Waals surface area contributed by atoms with Crippen LogP contribution in [0.4, 0.5) is 11.4 Å². The Morgan fingerprint density at radius 2 is 1.70 bits per heavy atom. The molecule has 0 spiro atoms. The van der Waals surface area contributed by atoms with Crippen LogP contribution in [0.5, 0.6) is 5.75 Å². The summed E-state index contributed by atoms with van der Waals surface area (Å²) in [4.78, 5) is 25.1. The van der Waals surface area contributed by atoms with Crippen LogP contribution < -0.4 is 15.0 Å². The zero-order valence-electron chi connectivity index (χ0n) is 13.3. The van der Waals surface area contributed by atoms with Crippen molar-refractivity contribution in [2.75, 3.05) is 23.9 Å². The Morgan fingerprint density at radius 1 is 1.04 bits per heavy atom. The lowest BCUT2D eigenvalue weighted by Crippen LogP contribution is -2.25. The number of rotatable bonds is 6. The van der Waals surface area contributed by atoms with E-state index in [-0.39, 0.29) is 18.2 Å². The second-order valence-corrected chi connectivity index (χ2v) is 5.05. The fraction of sp³-hybridized carbons (Fsp3) is 0.222. The molecular formula is C18H20N2O3. The second-order valence-electron chi connectivity index (χ2n) is 5.05. The molecule has 2 aromatic carbocycles. The third-order valence-electron chi connectivity index (χ3n) is 3.35. The van der Waals surface area contributed by atoms with Crippen LogP contribution in [0.2, 0.25) is 0 Å². The number of para-hydroxylation sites is 3. The molecule has 0 saturated heterocycles. The summed E-state index contributed by atoms with van der Waals surface area (Å²) in [5, 5.41) is 2.82. The first-order valence-electron chi connectivity index (χ1n) is 7.39. The van der Waals surface area contributed by atoms with Crippen LogP contribution in [0.3, 0.4) is 0 Å². The Morgan fingerprint density at radius 3 is 2.39 bits per heavy atom. The van der Waals surface area contributed by atoms with Crippen molar-refractivity contribution < 1.29 is 14.3 Å². The van der Waals surface area contributed by atoms with E-state index in [4.69, 9.17) is 4.74 Å². The molecule has 2 aromatic rings. The highest BCUT2D eigenvalue weighted by Gasteiger charge is 2.12. The third kappa shape index (κ3) is 4.85. The summed E-state index contributed by atoms with van der Waals surface area (Å²) in [5.41, 5.74) is 1.27. The maximum absolute atomic E-state index is 12.1. The Kier molecular flexibility index (Phi) is 5.74. The molecule has 0 aliphatic rings. The highest BCUT2D eigenvalue weighted by molar-refractivity contribution is 5.99. The van der Waals surface area contributed by atoms with Crippen LogP contribution in [0.25, 0.3) is 0 Å². The molecule has 2 amide bonds. The molecule has 0 heterocycles. The highest BCUT2D eigenvalue weighted by Crippen LogP contribution is 2.24. The van der Waals surface area contributed by atoms with Gasteiger partial charge in [0.2, 0.25) is 11.8 Å². The number of ether oxygens (including phenoxy) is 1. The molecule has 0 radical (unpaired) electrons. The monoisotopic (exact) mass is 312 g/mol. The fourth-order valence-corrected chi connectivity index (χ4v) is 2.03. The van der Waals surface area contributed by atoms with Crippen molar-refractivity contribution in [1.82, 2.24) is 0 Å². The number of benzene rings is 2. The van der Waals surface area contributed by atoms with Gasteiger partial charge in [0, 0.05) is 14.0 Å². The summed E-state index contributed by atoms with van der Waals surface area (Å²) in [7, 11) is 1.67. The van der Waals surface area contributed by atoms with Crippen molar-refractivity contribution in [3.8, 4) is 5.75 Å². The van der Waals surface area contributed by atoms with E-state index >= 15 is 0 Å². The maximum atomic E-state index is 12.1. The van der Waals surface area contributed by atoms with Gasteiger partial charge in [-0.2, -0.15) is 0 Å². The molecule has 1 N–H and O–H groups in total. The SMILES string of the molecule is CC(=O)N(C)c1ccccc1NC(=O)CCOc1ccccc1. The van der Waals surface area contributed by atoms with Crippen molar-refractivity contribution in [2.45, 2.75) is 13.3 Å². The third-order valence-corrected chi connectivity index (χ3v) is 3.35. The summed E-state index contributed by atoms with van der Waals surface area (Å²) in [6.07, 6.45) is 0.229. The maximum Gasteiger partial charge on any atom is 0.227 e. The summed E-state index contributed by atoms with van der Waals surface area (Å²) < 4.78 is 5.50. The van der Waals surface area contributed by atoms with E-state index in [0.717, 1.165) is 5.75 Å². The fourth-order valence-electron chi connectivity index (χ4n) is 2.03. The second kappa shape index (κ2) is 7.98. The minimum atomic E-state index is -0.162. The molecule has 0 atom stereocenters. The van der Waals surface area contributed by atoms with Crippen molar-refractivity contribution in [3.05, 3.63) is 54.6 Å². The van der Waals surface area contributed by atoms with Crippen LogP contribution in [-0.2, 0) is 9.59 Å². The average Bonchev–Trinajstić information content (AvgIpc) is 2.55. The Labute approximate surface area is 135 Å². The molecule has 0 saturated carbocycles.